The highest BCUT2D eigenvalue weighted by Crippen LogP contribution is 2.27. The number of nitrogens with zero attached hydrogens (tertiary/aromatic N) is 1. The van der Waals surface area contributed by atoms with Gasteiger partial charge in [0.05, 0.1) is 0 Å². The second-order valence-electron chi connectivity index (χ2n) is 6.86. The summed E-state index contributed by atoms with van der Waals surface area (Å²) in [6, 6.07) is 17.3. The van der Waals surface area contributed by atoms with E-state index in [0.717, 1.165) is 49.4 Å². The molecule has 0 spiro atoms. The average Bonchev–Trinajstić information content (AvgIpc) is 3.12. The highest BCUT2D eigenvalue weighted by atomic mass is 35.5. The summed E-state index contributed by atoms with van der Waals surface area (Å²) < 4.78 is 11.8. The van der Waals surface area contributed by atoms with E-state index in [0.29, 0.717) is 17.9 Å². The Kier molecular flexibility index (Phi) is 7.52. The number of carbonyl (C=O) groups excluding carboxylic acids is 1. The highest BCUT2D eigenvalue weighted by molar-refractivity contribution is 5.99. The minimum Gasteiger partial charge on any atom is -0.489 e. The number of para-hydroxylation sites is 2. The van der Waals surface area contributed by atoms with E-state index in [1.807, 2.05) is 54.6 Å². The molecule has 1 amide bonds. The number of hydrogen-bond donors (Lipinski definition) is 2. The van der Waals surface area contributed by atoms with E-state index >= 15 is 0 Å². The largest absolute Gasteiger partial charge is 0.489 e. The van der Waals surface area contributed by atoms with Crippen LogP contribution in [0, 0.1) is 0 Å². The van der Waals surface area contributed by atoms with Crippen molar-refractivity contribution in [3.8, 4) is 5.75 Å². The quantitative estimate of drug-likeness (QED) is 0.620. The Balaban J connectivity index is 0.00000240. The van der Waals surface area contributed by atoms with Gasteiger partial charge < -0.3 is 19.8 Å². The number of nitrogens with one attached hydrogen (secondary N) is 2. The Hall–Kier alpha value is -2.54. The Labute approximate surface area is 176 Å². The van der Waals surface area contributed by atoms with Crippen molar-refractivity contribution in [2.75, 3.05) is 39.3 Å². The van der Waals surface area contributed by atoms with E-state index in [2.05, 4.69) is 15.5 Å². The second kappa shape index (κ2) is 10.3. The number of ether oxygens (including phenoxy) is 1. The average molecular weight is 416 g/mol. The lowest BCUT2D eigenvalue weighted by Crippen LogP contribution is -2.46. The van der Waals surface area contributed by atoms with E-state index in [1.165, 1.54) is 0 Å². The van der Waals surface area contributed by atoms with Crippen LogP contribution in [-0.2, 0) is 6.61 Å². The van der Waals surface area contributed by atoms with Crippen LogP contribution >= 0.6 is 12.4 Å². The molecular weight excluding hydrogens is 390 g/mol. The summed E-state index contributed by atoms with van der Waals surface area (Å²) in [4.78, 5) is 15.1. The molecule has 7 heteroatoms. The Morgan fingerprint density at radius 2 is 1.79 bits per heavy atom. The van der Waals surface area contributed by atoms with Crippen molar-refractivity contribution in [1.82, 2.24) is 15.5 Å². The third-order valence-electron chi connectivity index (χ3n) is 4.95. The topological polar surface area (TPSA) is 66.7 Å². The first-order valence-corrected chi connectivity index (χ1v) is 9.71. The number of hydrogen-bond acceptors (Lipinski definition) is 5. The van der Waals surface area contributed by atoms with Crippen molar-refractivity contribution in [3.63, 3.8) is 0 Å². The van der Waals surface area contributed by atoms with E-state index in [9.17, 15) is 4.79 Å². The maximum Gasteiger partial charge on any atom is 0.287 e. The molecule has 1 fully saturated rings. The predicted octanol–water partition coefficient (Wildman–Crippen LogP) is 3.07. The molecule has 2 heterocycles. The number of fused-ring (bicyclic) bond motifs is 1. The number of halogens is 1. The fraction of sp³-hybridized carbons (Fsp3) is 0.318. The lowest BCUT2D eigenvalue weighted by Gasteiger charge is -2.27. The van der Waals surface area contributed by atoms with Crippen molar-refractivity contribution in [2.24, 2.45) is 0 Å². The summed E-state index contributed by atoms with van der Waals surface area (Å²) in [6.45, 7) is 5.73. The van der Waals surface area contributed by atoms with Gasteiger partial charge in [0.1, 0.15) is 17.9 Å². The van der Waals surface area contributed by atoms with Crippen LogP contribution in [0.3, 0.4) is 0 Å². The summed E-state index contributed by atoms with van der Waals surface area (Å²) in [7, 11) is 0. The number of piperazine rings is 1. The molecule has 0 aliphatic carbocycles. The van der Waals surface area contributed by atoms with Gasteiger partial charge in [-0.05, 0) is 18.2 Å². The second-order valence-corrected chi connectivity index (χ2v) is 6.86. The van der Waals surface area contributed by atoms with Gasteiger partial charge in [-0.2, -0.15) is 0 Å². The predicted molar refractivity (Wildman–Crippen MR) is 116 cm³/mol. The van der Waals surface area contributed by atoms with Crippen LogP contribution in [0.5, 0.6) is 5.75 Å². The standard InChI is InChI=1S/C22H25N3O3.ClH/c26-22(24-12-15-25-13-10-23-11-14-25)21-19(16-27-17-6-2-1-3-7-17)18-8-4-5-9-20(18)28-21;/h1-9,23H,10-16H2,(H,24,26);1H. The smallest absolute Gasteiger partial charge is 0.287 e. The molecule has 1 saturated heterocycles. The summed E-state index contributed by atoms with van der Waals surface area (Å²) in [5.74, 6) is 0.897. The summed E-state index contributed by atoms with van der Waals surface area (Å²) in [6.07, 6.45) is 0. The molecule has 1 aliphatic heterocycles. The van der Waals surface area contributed by atoms with E-state index < -0.39 is 0 Å². The fourth-order valence-corrected chi connectivity index (χ4v) is 3.44. The van der Waals surface area contributed by atoms with Crippen LogP contribution < -0.4 is 15.4 Å². The number of amides is 1. The Morgan fingerprint density at radius 1 is 1.07 bits per heavy atom. The maximum absolute atomic E-state index is 12.8. The van der Waals surface area contributed by atoms with Gasteiger partial charge in [0.25, 0.3) is 5.91 Å². The zero-order valence-corrected chi connectivity index (χ0v) is 17.0. The highest BCUT2D eigenvalue weighted by Gasteiger charge is 2.21. The van der Waals surface area contributed by atoms with Gasteiger partial charge in [-0.3, -0.25) is 9.69 Å². The lowest BCUT2D eigenvalue weighted by molar-refractivity contribution is 0.0918. The minimum atomic E-state index is -0.196. The van der Waals surface area contributed by atoms with Crippen molar-refractivity contribution in [2.45, 2.75) is 6.61 Å². The first kappa shape index (κ1) is 21.2. The molecule has 4 rings (SSSR count). The monoisotopic (exact) mass is 415 g/mol. The zero-order chi connectivity index (χ0) is 19.2. The first-order chi connectivity index (χ1) is 13.8. The van der Waals surface area contributed by atoms with Crippen molar-refractivity contribution in [3.05, 3.63) is 65.9 Å². The number of carbonyl (C=O) groups is 1. The lowest BCUT2D eigenvalue weighted by atomic mass is 10.1. The number of rotatable bonds is 7. The SMILES string of the molecule is Cl.O=C(NCCN1CCNCC1)c1oc2ccccc2c1COc1ccccc1. The van der Waals surface area contributed by atoms with Gasteiger partial charge in [-0.1, -0.05) is 36.4 Å². The zero-order valence-electron chi connectivity index (χ0n) is 16.2. The Bertz CT molecular complexity index is 923. The van der Waals surface area contributed by atoms with Gasteiger partial charge in [-0.25, -0.2) is 0 Å². The van der Waals surface area contributed by atoms with Gasteiger partial charge in [-0.15, -0.1) is 12.4 Å². The van der Waals surface area contributed by atoms with Crippen molar-refractivity contribution >= 4 is 29.3 Å². The molecule has 0 radical (unpaired) electrons. The van der Waals surface area contributed by atoms with Crippen molar-refractivity contribution in [1.29, 1.82) is 0 Å². The first-order valence-electron chi connectivity index (χ1n) is 9.71. The molecule has 0 unspecified atom stereocenters. The van der Waals surface area contributed by atoms with Gasteiger partial charge in [0.2, 0.25) is 0 Å². The molecule has 29 heavy (non-hydrogen) atoms. The summed E-state index contributed by atoms with van der Waals surface area (Å²) in [5, 5.41) is 7.24. The fourth-order valence-electron chi connectivity index (χ4n) is 3.44. The van der Waals surface area contributed by atoms with Crippen LogP contribution in [0.1, 0.15) is 16.1 Å². The minimum absolute atomic E-state index is 0. The van der Waals surface area contributed by atoms with E-state index in [1.54, 1.807) is 0 Å². The van der Waals surface area contributed by atoms with Crippen molar-refractivity contribution < 1.29 is 13.9 Å². The van der Waals surface area contributed by atoms with Gasteiger partial charge >= 0.3 is 0 Å². The third kappa shape index (κ3) is 5.29. The molecule has 1 aromatic heterocycles. The third-order valence-corrected chi connectivity index (χ3v) is 4.95. The molecule has 0 bridgehead atoms. The number of furan rings is 1. The van der Waals surface area contributed by atoms with Crippen LogP contribution in [-0.4, -0.2) is 50.1 Å². The van der Waals surface area contributed by atoms with E-state index in [4.69, 9.17) is 9.15 Å². The van der Waals surface area contributed by atoms with Gasteiger partial charge in [0, 0.05) is 50.2 Å². The van der Waals surface area contributed by atoms with Gasteiger partial charge in [0.15, 0.2) is 5.76 Å². The van der Waals surface area contributed by atoms with Crippen LogP contribution in [0.2, 0.25) is 0 Å². The molecule has 154 valence electrons. The maximum atomic E-state index is 12.8. The molecule has 6 nitrogen and oxygen atoms in total. The molecule has 3 aromatic rings. The molecule has 2 N–H and O–H groups in total. The molecule has 2 aromatic carbocycles. The number of benzene rings is 2. The molecule has 0 atom stereocenters. The van der Waals surface area contributed by atoms with E-state index in [-0.39, 0.29) is 24.9 Å². The molecule has 0 saturated carbocycles. The summed E-state index contributed by atoms with van der Waals surface area (Å²) >= 11 is 0. The summed E-state index contributed by atoms with van der Waals surface area (Å²) in [5.41, 5.74) is 1.47. The van der Waals surface area contributed by atoms with Crippen LogP contribution in [0.4, 0.5) is 0 Å². The molecular formula is C22H26ClN3O3. The van der Waals surface area contributed by atoms with Crippen LogP contribution in [0.15, 0.2) is 59.0 Å². The van der Waals surface area contributed by atoms with Crippen LogP contribution in [0.25, 0.3) is 11.0 Å². The normalized spacial score (nSPS) is 14.3. The Morgan fingerprint density at radius 3 is 2.59 bits per heavy atom. The molecule has 1 aliphatic rings.